The van der Waals surface area contributed by atoms with Gasteiger partial charge in [-0.2, -0.15) is 0 Å². The van der Waals surface area contributed by atoms with E-state index in [4.69, 9.17) is 9.47 Å². The summed E-state index contributed by atoms with van der Waals surface area (Å²) >= 11 is 0. The van der Waals surface area contributed by atoms with Crippen molar-refractivity contribution >= 4 is 0 Å². The minimum absolute atomic E-state index is 0.00449. The van der Waals surface area contributed by atoms with Gasteiger partial charge < -0.3 is 24.6 Å². The first kappa shape index (κ1) is 14.2. The SMILES string of the molecule is COC1CN(C)CC2C(O)C(OC)C(C)C(O)C12. The highest BCUT2D eigenvalue weighted by Crippen LogP contribution is 2.41. The van der Waals surface area contributed by atoms with E-state index in [-0.39, 0.29) is 30.0 Å². The van der Waals surface area contributed by atoms with Gasteiger partial charge in [-0.15, -0.1) is 0 Å². The number of ether oxygens (including phenoxy) is 2. The van der Waals surface area contributed by atoms with Crippen molar-refractivity contribution in [2.75, 3.05) is 34.4 Å². The Kier molecular flexibility index (Phi) is 4.29. The van der Waals surface area contributed by atoms with Crippen molar-refractivity contribution in [3.8, 4) is 0 Å². The summed E-state index contributed by atoms with van der Waals surface area (Å²) in [4.78, 5) is 2.15. The number of aliphatic hydroxyl groups excluding tert-OH is 2. The number of aliphatic hydroxyl groups is 2. The van der Waals surface area contributed by atoms with Crippen LogP contribution in [0.4, 0.5) is 0 Å². The molecule has 2 N–H and O–H groups in total. The number of hydrogen-bond acceptors (Lipinski definition) is 5. The van der Waals surface area contributed by atoms with Gasteiger partial charge in [0.2, 0.25) is 0 Å². The predicted molar refractivity (Wildman–Crippen MR) is 67.2 cm³/mol. The average molecular weight is 259 g/mol. The van der Waals surface area contributed by atoms with E-state index in [1.165, 1.54) is 0 Å². The van der Waals surface area contributed by atoms with Gasteiger partial charge in [-0.05, 0) is 7.05 Å². The van der Waals surface area contributed by atoms with Crippen LogP contribution in [0, 0.1) is 17.8 Å². The molecule has 18 heavy (non-hydrogen) atoms. The summed E-state index contributed by atoms with van der Waals surface area (Å²) in [6.07, 6.45) is -1.36. The Morgan fingerprint density at radius 1 is 1.06 bits per heavy atom. The van der Waals surface area contributed by atoms with Crippen LogP contribution >= 0.6 is 0 Å². The normalized spacial score (nSPS) is 50.0. The van der Waals surface area contributed by atoms with Crippen LogP contribution in [0.25, 0.3) is 0 Å². The minimum Gasteiger partial charge on any atom is -0.392 e. The first-order valence-corrected chi connectivity index (χ1v) is 6.61. The van der Waals surface area contributed by atoms with Crippen LogP contribution in [0.15, 0.2) is 0 Å². The molecule has 0 aromatic rings. The van der Waals surface area contributed by atoms with Crippen molar-refractivity contribution in [2.24, 2.45) is 17.8 Å². The molecule has 1 aliphatic heterocycles. The van der Waals surface area contributed by atoms with Gasteiger partial charge in [0.1, 0.15) is 0 Å². The molecule has 0 spiro atoms. The quantitative estimate of drug-likeness (QED) is 0.704. The van der Waals surface area contributed by atoms with E-state index in [2.05, 4.69) is 4.90 Å². The number of fused-ring (bicyclic) bond motifs is 1. The van der Waals surface area contributed by atoms with Crippen LogP contribution in [0.1, 0.15) is 6.92 Å². The first-order chi connectivity index (χ1) is 8.51. The molecule has 2 aliphatic rings. The molecule has 1 saturated heterocycles. The Hall–Kier alpha value is -0.200. The van der Waals surface area contributed by atoms with Crippen molar-refractivity contribution in [3.63, 3.8) is 0 Å². The van der Waals surface area contributed by atoms with E-state index in [9.17, 15) is 10.2 Å². The molecular formula is C13H25NO4. The smallest absolute Gasteiger partial charge is 0.0883 e. The molecular weight excluding hydrogens is 234 g/mol. The molecule has 7 atom stereocenters. The van der Waals surface area contributed by atoms with Crippen molar-refractivity contribution < 1.29 is 19.7 Å². The fourth-order valence-corrected chi connectivity index (χ4v) is 3.75. The zero-order valence-electron chi connectivity index (χ0n) is 11.6. The molecule has 1 aliphatic carbocycles. The van der Waals surface area contributed by atoms with Gasteiger partial charge in [0.25, 0.3) is 0 Å². The summed E-state index contributed by atoms with van der Waals surface area (Å²) in [5.74, 6) is -0.0836. The zero-order chi connectivity index (χ0) is 13.4. The van der Waals surface area contributed by atoms with Crippen LogP contribution in [-0.2, 0) is 9.47 Å². The number of methoxy groups -OCH3 is 2. The van der Waals surface area contributed by atoms with Crippen molar-refractivity contribution in [1.82, 2.24) is 4.90 Å². The molecule has 1 saturated carbocycles. The maximum absolute atomic E-state index is 10.5. The van der Waals surface area contributed by atoms with Crippen LogP contribution in [0.5, 0.6) is 0 Å². The number of hydrogen-bond donors (Lipinski definition) is 2. The highest BCUT2D eigenvalue weighted by molar-refractivity contribution is 5.03. The second kappa shape index (κ2) is 5.43. The topological polar surface area (TPSA) is 62.2 Å². The molecule has 5 nitrogen and oxygen atoms in total. The first-order valence-electron chi connectivity index (χ1n) is 6.61. The Balaban J connectivity index is 2.26. The minimum atomic E-state index is -0.543. The van der Waals surface area contributed by atoms with Gasteiger partial charge in [0.15, 0.2) is 0 Å². The Bertz CT molecular complexity index is 288. The van der Waals surface area contributed by atoms with Crippen LogP contribution < -0.4 is 0 Å². The van der Waals surface area contributed by atoms with Crippen LogP contribution in [-0.4, -0.2) is 73.9 Å². The van der Waals surface area contributed by atoms with Gasteiger partial charge >= 0.3 is 0 Å². The van der Waals surface area contributed by atoms with Gasteiger partial charge in [-0.1, -0.05) is 6.92 Å². The Morgan fingerprint density at radius 3 is 2.28 bits per heavy atom. The molecule has 0 radical (unpaired) electrons. The molecule has 106 valence electrons. The molecule has 2 fully saturated rings. The monoisotopic (exact) mass is 259 g/mol. The summed E-state index contributed by atoms with van der Waals surface area (Å²) in [6.45, 7) is 3.50. The highest BCUT2D eigenvalue weighted by atomic mass is 16.5. The second-order valence-electron chi connectivity index (χ2n) is 5.78. The van der Waals surface area contributed by atoms with E-state index < -0.39 is 12.2 Å². The van der Waals surface area contributed by atoms with E-state index >= 15 is 0 Å². The summed E-state index contributed by atoms with van der Waals surface area (Å²) < 4.78 is 10.9. The fourth-order valence-electron chi connectivity index (χ4n) is 3.75. The zero-order valence-corrected chi connectivity index (χ0v) is 11.6. The van der Waals surface area contributed by atoms with E-state index in [0.717, 1.165) is 13.1 Å². The van der Waals surface area contributed by atoms with Crippen molar-refractivity contribution in [1.29, 1.82) is 0 Å². The average Bonchev–Trinajstić information content (AvgIpc) is 2.35. The number of likely N-dealkylation sites (N-methyl/N-ethyl adjacent to an activating group) is 1. The van der Waals surface area contributed by atoms with E-state index in [0.29, 0.717) is 0 Å². The third-order valence-electron chi connectivity index (χ3n) is 4.74. The summed E-state index contributed by atoms with van der Waals surface area (Å²) in [5.41, 5.74) is 0. The van der Waals surface area contributed by atoms with Crippen molar-refractivity contribution in [2.45, 2.75) is 31.3 Å². The number of rotatable bonds is 2. The lowest BCUT2D eigenvalue weighted by atomic mass is 9.65. The second-order valence-corrected chi connectivity index (χ2v) is 5.78. The number of likely N-dealkylation sites (tertiary alicyclic amines) is 1. The third kappa shape index (κ3) is 2.18. The van der Waals surface area contributed by atoms with Gasteiger partial charge in [0, 0.05) is 45.1 Å². The predicted octanol–water partition coefficient (Wildman–Crippen LogP) is -0.434. The van der Waals surface area contributed by atoms with Gasteiger partial charge in [-0.3, -0.25) is 0 Å². The van der Waals surface area contributed by atoms with E-state index in [1.54, 1.807) is 14.2 Å². The van der Waals surface area contributed by atoms with E-state index in [1.807, 2.05) is 14.0 Å². The lowest BCUT2D eigenvalue weighted by Gasteiger charge is -2.52. The molecule has 2 rings (SSSR count). The number of piperidine rings is 1. The summed E-state index contributed by atoms with van der Waals surface area (Å²) in [6, 6.07) is 0. The summed E-state index contributed by atoms with van der Waals surface area (Å²) in [5, 5.41) is 21.0. The molecule has 0 amide bonds. The van der Waals surface area contributed by atoms with Crippen LogP contribution in [0.3, 0.4) is 0 Å². The molecule has 0 aromatic carbocycles. The van der Waals surface area contributed by atoms with Crippen LogP contribution in [0.2, 0.25) is 0 Å². The van der Waals surface area contributed by atoms with Gasteiger partial charge in [-0.25, -0.2) is 0 Å². The third-order valence-corrected chi connectivity index (χ3v) is 4.74. The molecule has 1 heterocycles. The fraction of sp³-hybridized carbons (Fsp3) is 1.00. The molecule has 7 unspecified atom stereocenters. The summed E-state index contributed by atoms with van der Waals surface area (Å²) in [7, 11) is 5.28. The highest BCUT2D eigenvalue weighted by Gasteiger charge is 2.53. The van der Waals surface area contributed by atoms with Crippen molar-refractivity contribution in [3.05, 3.63) is 0 Å². The Labute approximate surface area is 109 Å². The molecule has 0 bridgehead atoms. The Morgan fingerprint density at radius 2 is 1.72 bits per heavy atom. The maximum Gasteiger partial charge on any atom is 0.0883 e. The molecule has 5 heteroatoms. The van der Waals surface area contributed by atoms with Gasteiger partial charge in [0.05, 0.1) is 24.4 Å². The standard InChI is InChI=1S/C13H25NO4/c1-7-11(15)10-8(12(16)13(7)18-4)5-14(2)6-9(10)17-3/h7-13,15-16H,5-6H2,1-4H3. The molecule has 0 aromatic heterocycles. The lowest BCUT2D eigenvalue weighted by molar-refractivity contribution is -0.203. The maximum atomic E-state index is 10.5. The number of nitrogens with zero attached hydrogens (tertiary/aromatic N) is 1. The lowest BCUT2D eigenvalue weighted by Crippen LogP contribution is -2.64. The largest absolute Gasteiger partial charge is 0.392 e.